The van der Waals surface area contributed by atoms with Gasteiger partial charge in [0.15, 0.2) is 5.13 Å². The Labute approximate surface area is 256 Å². The van der Waals surface area contributed by atoms with Gasteiger partial charge in [-0.2, -0.15) is 0 Å². The molecule has 230 valence electrons. The molecular formula is C33H40FN3O5S. The molecule has 0 radical (unpaired) electrons. The van der Waals surface area contributed by atoms with Crippen LogP contribution in [0.2, 0.25) is 0 Å². The number of carbonyl (C=O) groups is 1. The smallest absolute Gasteiger partial charge is 0.309 e. The summed E-state index contributed by atoms with van der Waals surface area (Å²) in [6.45, 7) is 6.81. The van der Waals surface area contributed by atoms with Crippen molar-refractivity contribution in [3.63, 3.8) is 0 Å². The molecule has 8 nitrogen and oxygen atoms in total. The summed E-state index contributed by atoms with van der Waals surface area (Å²) in [5, 5.41) is 12.4. The van der Waals surface area contributed by atoms with Gasteiger partial charge >= 0.3 is 5.97 Å². The van der Waals surface area contributed by atoms with Crippen molar-refractivity contribution in [1.82, 2.24) is 9.88 Å². The quantitative estimate of drug-likeness (QED) is 0.367. The van der Waals surface area contributed by atoms with E-state index in [0.717, 1.165) is 96.4 Å². The second-order valence-corrected chi connectivity index (χ2v) is 12.6. The molecule has 0 saturated carbocycles. The van der Waals surface area contributed by atoms with Crippen molar-refractivity contribution in [1.29, 1.82) is 0 Å². The van der Waals surface area contributed by atoms with E-state index in [1.165, 1.54) is 11.3 Å². The molecule has 0 bridgehead atoms. The number of hydrogen-bond acceptors (Lipinski definition) is 8. The maximum absolute atomic E-state index is 15.4. The molecule has 43 heavy (non-hydrogen) atoms. The van der Waals surface area contributed by atoms with Crippen LogP contribution < -0.4 is 9.64 Å². The normalized spacial score (nSPS) is 21.8. The van der Waals surface area contributed by atoms with Crippen molar-refractivity contribution in [3.05, 3.63) is 63.8 Å². The molecule has 1 N–H and O–H groups in total. The van der Waals surface area contributed by atoms with Gasteiger partial charge < -0.3 is 24.2 Å². The molecular weight excluding hydrogens is 569 g/mol. The second kappa shape index (κ2) is 13.3. The lowest BCUT2D eigenvalue weighted by Crippen LogP contribution is -2.47. The van der Waals surface area contributed by atoms with Crippen molar-refractivity contribution in [2.24, 2.45) is 5.92 Å². The van der Waals surface area contributed by atoms with E-state index in [4.69, 9.17) is 19.2 Å². The van der Waals surface area contributed by atoms with Crippen molar-refractivity contribution in [3.8, 4) is 17.0 Å². The highest BCUT2D eigenvalue weighted by Gasteiger charge is 2.35. The fourth-order valence-corrected chi connectivity index (χ4v) is 7.60. The van der Waals surface area contributed by atoms with Crippen LogP contribution in [0.1, 0.15) is 41.5 Å². The van der Waals surface area contributed by atoms with Gasteiger partial charge in [-0.1, -0.05) is 18.2 Å². The van der Waals surface area contributed by atoms with Gasteiger partial charge in [0.05, 0.1) is 17.7 Å². The summed E-state index contributed by atoms with van der Waals surface area (Å²) in [6, 6.07) is 10.3. The topological polar surface area (TPSA) is 84.4 Å². The molecule has 6 rings (SSSR count). The zero-order valence-corrected chi connectivity index (χ0v) is 25.7. The van der Waals surface area contributed by atoms with Crippen molar-refractivity contribution in [2.75, 3.05) is 51.4 Å². The lowest BCUT2D eigenvalue weighted by molar-refractivity contribution is -0.147. The van der Waals surface area contributed by atoms with Crippen LogP contribution in [0.3, 0.4) is 0 Å². The number of rotatable bonds is 8. The predicted molar refractivity (Wildman–Crippen MR) is 165 cm³/mol. The minimum absolute atomic E-state index is 0.139. The number of ether oxygens (including phenoxy) is 3. The summed E-state index contributed by atoms with van der Waals surface area (Å²) in [5.74, 6) is -0.736. The number of thiazole rings is 1. The first-order chi connectivity index (χ1) is 20.9. The molecule has 0 unspecified atom stereocenters. The summed E-state index contributed by atoms with van der Waals surface area (Å²) in [4.78, 5) is 21.1. The molecule has 1 aromatic heterocycles. The Morgan fingerprint density at radius 2 is 1.98 bits per heavy atom. The Hall–Kier alpha value is -3.05. The molecule has 2 aromatic carbocycles. The van der Waals surface area contributed by atoms with Gasteiger partial charge in [-0.05, 0) is 73.4 Å². The summed E-state index contributed by atoms with van der Waals surface area (Å²) < 4.78 is 32.8. The molecule has 3 aromatic rings. The van der Waals surface area contributed by atoms with E-state index in [1.807, 2.05) is 30.5 Å². The first-order valence-corrected chi connectivity index (χ1v) is 16.1. The lowest BCUT2D eigenvalue weighted by atomic mass is 9.94. The van der Waals surface area contributed by atoms with Crippen molar-refractivity contribution >= 4 is 22.4 Å². The van der Waals surface area contributed by atoms with Crippen LogP contribution in [-0.4, -0.2) is 79.6 Å². The third-order valence-electron chi connectivity index (χ3n) is 9.18. The standard InChI is InChI=1S/C33H40FN3O5S/c1-21-4-3-5-26(29-20-43-33(35-29)37-13-8-27(32(38)39)30(18-37)40-2)31(21)42-19-22-16-23-6-11-36(24-9-14-41-15-10-24)12-7-25(23)28(34)17-22/h3-5,16-17,20,24,27,30H,6-15,18-19H2,1-2H3,(H,38,39)/t27-,30+/m0/s1. The minimum atomic E-state index is -0.820. The van der Waals surface area contributed by atoms with E-state index in [-0.39, 0.29) is 18.5 Å². The Morgan fingerprint density at radius 1 is 1.16 bits per heavy atom. The van der Waals surface area contributed by atoms with Crippen LogP contribution in [0.5, 0.6) is 5.75 Å². The van der Waals surface area contributed by atoms with Gasteiger partial charge in [0.1, 0.15) is 18.2 Å². The summed E-state index contributed by atoms with van der Waals surface area (Å²) in [6.07, 6.45) is 3.78. The molecule has 3 aliphatic rings. The molecule has 0 spiro atoms. The number of halogens is 1. The highest BCUT2D eigenvalue weighted by molar-refractivity contribution is 7.14. The molecule has 3 aliphatic heterocycles. The maximum Gasteiger partial charge on any atom is 0.309 e. The van der Waals surface area contributed by atoms with Gasteiger partial charge in [0.2, 0.25) is 0 Å². The SMILES string of the molecule is CO[C@@H]1CN(c2nc(-c3cccc(C)c3OCc3cc(F)c4c(c3)CCN(C3CCOCC3)CC4)cs2)CC[C@@H]1C(=O)O. The van der Waals surface area contributed by atoms with Crippen LogP contribution in [0, 0.1) is 18.7 Å². The Morgan fingerprint density at radius 3 is 2.77 bits per heavy atom. The predicted octanol–water partition coefficient (Wildman–Crippen LogP) is 5.34. The third-order valence-corrected chi connectivity index (χ3v) is 10.1. The lowest BCUT2D eigenvalue weighted by Gasteiger charge is -2.35. The number of fused-ring (bicyclic) bond motifs is 1. The molecule has 4 heterocycles. The fraction of sp³-hybridized carbons (Fsp3) is 0.515. The number of piperidine rings is 1. The van der Waals surface area contributed by atoms with Gasteiger partial charge in [-0.15, -0.1) is 11.3 Å². The Bertz CT molecular complexity index is 1440. The highest BCUT2D eigenvalue weighted by Crippen LogP contribution is 2.37. The van der Waals surface area contributed by atoms with E-state index >= 15 is 4.39 Å². The van der Waals surface area contributed by atoms with Gasteiger partial charge in [-0.25, -0.2) is 9.37 Å². The summed E-state index contributed by atoms with van der Waals surface area (Å²) >= 11 is 1.53. The van der Waals surface area contributed by atoms with Crippen LogP contribution in [0.4, 0.5) is 9.52 Å². The van der Waals surface area contributed by atoms with Crippen LogP contribution >= 0.6 is 11.3 Å². The van der Waals surface area contributed by atoms with Gasteiger partial charge in [0, 0.05) is 63.5 Å². The molecule has 2 atom stereocenters. The number of benzene rings is 2. The van der Waals surface area contributed by atoms with E-state index < -0.39 is 11.9 Å². The van der Waals surface area contributed by atoms with Gasteiger partial charge in [0.25, 0.3) is 0 Å². The number of hydrogen-bond donors (Lipinski definition) is 1. The summed E-state index contributed by atoms with van der Waals surface area (Å²) in [5.41, 5.74) is 5.42. The first kappa shape index (κ1) is 30.0. The summed E-state index contributed by atoms with van der Waals surface area (Å²) in [7, 11) is 1.56. The van der Waals surface area contributed by atoms with Crippen LogP contribution in [-0.2, 0) is 33.7 Å². The zero-order chi connectivity index (χ0) is 29.9. The second-order valence-electron chi connectivity index (χ2n) is 11.8. The molecule has 0 amide bonds. The maximum atomic E-state index is 15.4. The average Bonchev–Trinajstić information content (AvgIpc) is 3.41. The van der Waals surface area contributed by atoms with Crippen molar-refractivity contribution in [2.45, 2.75) is 57.8 Å². The zero-order valence-electron chi connectivity index (χ0n) is 24.9. The molecule has 2 fully saturated rings. The number of aromatic nitrogens is 1. The van der Waals surface area contributed by atoms with E-state index in [0.29, 0.717) is 25.6 Å². The average molecular weight is 610 g/mol. The Kier molecular flexibility index (Phi) is 9.28. The monoisotopic (exact) mass is 609 g/mol. The first-order valence-electron chi connectivity index (χ1n) is 15.2. The molecule has 0 aliphatic carbocycles. The largest absolute Gasteiger partial charge is 0.488 e. The number of carboxylic acids is 1. The molecule has 10 heteroatoms. The minimum Gasteiger partial charge on any atom is -0.488 e. The van der Waals surface area contributed by atoms with Crippen molar-refractivity contribution < 1.29 is 28.5 Å². The number of anilines is 1. The Balaban J connectivity index is 1.16. The van der Waals surface area contributed by atoms with E-state index in [9.17, 15) is 9.90 Å². The van der Waals surface area contributed by atoms with Crippen LogP contribution in [0.15, 0.2) is 35.7 Å². The molecule has 2 saturated heterocycles. The number of aryl methyl sites for hydroxylation is 1. The number of nitrogens with zero attached hydrogens (tertiary/aromatic N) is 3. The van der Waals surface area contributed by atoms with Crippen LogP contribution in [0.25, 0.3) is 11.3 Å². The number of methoxy groups -OCH3 is 1. The fourth-order valence-electron chi connectivity index (χ4n) is 6.73. The van der Waals surface area contributed by atoms with E-state index in [2.05, 4.69) is 15.9 Å². The van der Waals surface area contributed by atoms with Gasteiger partial charge in [-0.3, -0.25) is 9.69 Å². The highest BCUT2D eigenvalue weighted by atomic mass is 32.1. The van der Waals surface area contributed by atoms with E-state index in [1.54, 1.807) is 13.2 Å². The number of para-hydroxylation sites is 1. The third kappa shape index (κ3) is 6.57. The number of carboxylic acid groups (broad SMARTS) is 1. The number of aliphatic carboxylic acids is 1.